The molecule has 1 radical (unpaired) electrons. The minimum absolute atomic E-state index is 0. The van der Waals surface area contributed by atoms with Gasteiger partial charge in [0.2, 0.25) is 0 Å². The van der Waals surface area contributed by atoms with Gasteiger partial charge in [-0.2, -0.15) is 18.6 Å². The van der Waals surface area contributed by atoms with Crippen molar-refractivity contribution in [1.82, 2.24) is 0 Å². The number of hydrogen-bond donors (Lipinski definition) is 1. The molecule has 0 aliphatic carbocycles. The molecular formula is C13H23BrOSiZn-. The molecule has 0 heterocycles. The van der Waals surface area contributed by atoms with Gasteiger partial charge in [-0.25, -0.2) is 0 Å². The molecule has 1 N–H and O–H groups in total. The van der Waals surface area contributed by atoms with Crippen LogP contribution in [-0.2, 0) is 24.9 Å². The Labute approximate surface area is 131 Å². The molecule has 0 bridgehead atoms. The van der Waals surface area contributed by atoms with Crippen molar-refractivity contribution in [3.63, 3.8) is 0 Å². The SMILES string of the molecule is Br.C[Si](C)O.[CH2-]c1ccccc1C(C)(C)C.[Zn]. The predicted molar refractivity (Wildman–Crippen MR) is 79.6 cm³/mol. The molecule has 1 aromatic rings. The molecule has 0 unspecified atom stereocenters. The summed E-state index contributed by atoms with van der Waals surface area (Å²) in [5, 5.41) is 0. The second kappa shape index (κ2) is 10.3. The number of benzene rings is 1. The Morgan fingerprint density at radius 3 is 1.71 bits per heavy atom. The fraction of sp³-hybridized carbons (Fsp3) is 0.462. The van der Waals surface area contributed by atoms with Crippen molar-refractivity contribution in [3.8, 4) is 0 Å². The van der Waals surface area contributed by atoms with E-state index in [9.17, 15) is 0 Å². The molecule has 0 spiro atoms. The third-order valence-electron chi connectivity index (χ3n) is 1.83. The van der Waals surface area contributed by atoms with Crippen LogP contribution < -0.4 is 0 Å². The van der Waals surface area contributed by atoms with Gasteiger partial charge in [0.05, 0.1) is 0 Å². The quantitative estimate of drug-likeness (QED) is 0.542. The zero-order chi connectivity index (χ0) is 12.1. The van der Waals surface area contributed by atoms with E-state index in [0.717, 1.165) is 5.56 Å². The number of hydrogen-bond acceptors (Lipinski definition) is 1. The van der Waals surface area contributed by atoms with E-state index in [1.54, 1.807) is 0 Å². The molecule has 1 nitrogen and oxygen atoms in total. The largest absolute Gasteiger partial charge is 0.432 e. The number of rotatable bonds is 0. The van der Waals surface area contributed by atoms with Crippen LogP contribution in [-0.4, -0.2) is 13.8 Å². The second-order valence-corrected chi connectivity index (χ2v) is 6.75. The van der Waals surface area contributed by atoms with Crippen molar-refractivity contribution in [2.45, 2.75) is 39.3 Å². The van der Waals surface area contributed by atoms with E-state index < -0.39 is 9.04 Å². The molecule has 17 heavy (non-hydrogen) atoms. The van der Waals surface area contributed by atoms with Crippen LogP contribution in [0.3, 0.4) is 0 Å². The van der Waals surface area contributed by atoms with Gasteiger partial charge in [0.15, 0.2) is 9.04 Å². The Balaban J connectivity index is -0.000000289. The summed E-state index contributed by atoms with van der Waals surface area (Å²) in [5.41, 5.74) is 2.69. The maximum atomic E-state index is 8.16. The van der Waals surface area contributed by atoms with E-state index in [1.807, 2.05) is 19.2 Å². The summed E-state index contributed by atoms with van der Waals surface area (Å²) in [6, 6.07) is 8.29. The van der Waals surface area contributed by atoms with Crippen LogP contribution in [0.5, 0.6) is 0 Å². The Bertz CT molecular complexity index is 295. The summed E-state index contributed by atoms with van der Waals surface area (Å²) in [6.07, 6.45) is 0. The molecule has 0 aliphatic heterocycles. The molecule has 0 aromatic heterocycles. The third-order valence-corrected chi connectivity index (χ3v) is 1.83. The standard InChI is InChI=1S/C11H15.C2H7OSi.BrH.Zn/c1-9-7-5-6-8-10(9)11(2,3)4;1-4(2)3;;/h5-8H,1H2,2-4H3;3H,1-2H3;1H;/q-1;;;. The maximum absolute atomic E-state index is 8.16. The smallest absolute Gasteiger partial charge is 0.200 e. The van der Waals surface area contributed by atoms with Gasteiger partial charge in [0.25, 0.3) is 0 Å². The Morgan fingerprint density at radius 1 is 1.12 bits per heavy atom. The minimum atomic E-state index is -0.880. The minimum Gasteiger partial charge on any atom is -0.432 e. The van der Waals surface area contributed by atoms with Gasteiger partial charge < -0.3 is 4.80 Å². The van der Waals surface area contributed by atoms with Gasteiger partial charge in [-0.3, -0.25) is 0 Å². The van der Waals surface area contributed by atoms with Gasteiger partial charge in [0, 0.05) is 19.5 Å². The molecule has 0 atom stereocenters. The molecule has 0 amide bonds. The van der Waals surface area contributed by atoms with E-state index in [1.165, 1.54) is 5.56 Å². The van der Waals surface area contributed by atoms with E-state index in [2.05, 4.69) is 45.9 Å². The molecule has 0 fully saturated rings. The van der Waals surface area contributed by atoms with Crippen molar-refractivity contribution >= 4 is 26.0 Å². The van der Waals surface area contributed by atoms with Crippen LogP contribution in [0.1, 0.15) is 31.9 Å². The topological polar surface area (TPSA) is 20.2 Å². The first-order valence-electron chi connectivity index (χ1n) is 5.15. The molecule has 1 aromatic carbocycles. The molecule has 0 saturated heterocycles. The molecule has 0 saturated carbocycles. The third kappa shape index (κ3) is 11.2. The van der Waals surface area contributed by atoms with Gasteiger partial charge in [-0.15, -0.1) is 34.7 Å². The van der Waals surface area contributed by atoms with Crippen LogP contribution in [0.15, 0.2) is 24.3 Å². The normalized spacial score (nSPS) is 9.59. The summed E-state index contributed by atoms with van der Waals surface area (Å²) in [5.74, 6) is 0. The van der Waals surface area contributed by atoms with E-state index in [-0.39, 0.29) is 41.9 Å². The summed E-state index contributed by atoms with van der Waals surface area (Å²) >= 11 is 0. The van der Waals surface area contributed by atoms with Gasteiger partial charge in [-0.1, -0.05) is 32.3 Å². The van der Waals surface area contributed by atoms with Gasteiger partial charge in [0.1, 0.15) is 0 Å². The van der Waals surface area contributed by atoms with Crippen molar-refractivity contribution in [2.24, 2.45) is 0 Å². The van der Waals surface area contributed by atoms with Crippen LogP contribution in [0.2, 0.25) is 13.1 Å². The summed E-state index contributed by atoms with van der Waals surface area (Å²) < 4.78 is 0. The molecule has 4 heteroatoms. The monoisotopic (exact) mass is 366 g/mol. The zero-order valence-electron chi connectivity index (χ0n) is 11.6. The van der Waals surface area contributed by atoms with Crippen molar-refractivity contribution in [1.29, 1.82) is 0 Å². The first-order chi connectivity index (χ1) is 6.75. The Kier molecular flexibility index (Phi) is 13.7. The second-order valence-electron chi connectivity index (χ2n) is 4.85. The number of halogens is 1. The van der Waals surface area contributed by atoms with Crippen molar-refractivity contribution in [2.75, 3.05) is 0 Å². The Morgan fingerprint density at radius 2 is 1.47 bits per heavy atom. The average Bonchev–Trinajstić information content (AvgIpc) is 2.01. The maximum Gasteiger partial charge on any atom is 0.200 e. The first-order valence-corrected chi connectivity index (χ1v) is 7.60. The van der Waals surface area contributed by atoms with Crippen molar-refractivity contribution < 1.29 is 24.3 Å². The van der Waals surface area contributed by atoms with E-state index in [0.29, 0.717) is 0 Å². The van der Waals surface area contributed by atoms with Crippen molar-refractivity contribution in [3.05, 3.63) is 42.3 Å². The Hall–Kier alpha value is 0.370. The first kappa shape index (κ1) is 22.5. The van der Waals surface area contributed by atoms with Gasteiger partial charge in [-0.05, 0) is 13.1 Å². The molecule has 0 aliphatic rings. The fourth-order valence-corrected chi connectivity index (χ4v) is 1.25. The predicted octanol–water partition coefficient (Wildman–Crippen LogP) is 3.97. The molecule has 1 rings (SSSR count). The molecule has 95 valence electrons. The van der Waals surface area contributed by atoms with E-state index >= 15 is 0 Å². The van der Waals surface area contributed by atoms with Gasteiger partial charge >= 0.3 is 0 Å². The average molecular weight is 369 g/mol. The van der Waals surface area contributed by atoms with E-state index in [4.69, 9.17) is 4.80 Å². The zero-order valence-corrected chi connectivity index (χ0v) is 17.3. The summed E-state index contributed by atoms with van der Waals surface area (Å²) in [6.45, 7) is 14.3. The van der Waals surface area contributed by atoms with Crippen LogP contribution in [0, 0.1) is 6.92 Å². The van der Waals surface area contributed by atoms with Crippen LogP contribution in [0.25, 0.3) is 0 Å². The summed E-state index contributed by atoms with van der Waals surface area (Å²) in [4.78, 5) is 8.16. The van der Waals surface area contributed by atoms with Crippen LogP contribution in [0.4, 0.5) is 0 Å². The molecular weight excluding hydrogens is 346 g/mol. The fourth-order valence-electron chi connectivity index (χ4n) is 1.25. The van der Waals surface area contributed by atoms with Crippen LogP contribution >= 0.6 is 17.0 Å². The summed E-state index contributed by atoms with van der Waals surface area (Å²) in [7, 11) is -0.880.